The van der Waals surface area contributed by atoms with E-state index in [1.807, 2.05) is 57.3 Å². The smallest absolute Gasteiger partial charge is 0.182 e. The first kappa shape index (κ1) is 17.9. The SMILES string of the molecule is CC1=CCC=C(c2nc(-c3ccc(C)cn3)nc(-c3ccc(C)cn3)n2)N=C1. The molecule has 0 fully saturated rings. The summed E-state index contributed by atoms with van der Waals surface area (Å²) in [6, 6.07) is 7.81. The number of aliphatic imine (C=N–C) groups is 1. The summed E-state index contributed by atoms with van der Waals surface area (Å²) in [6.07, 6.45) is 10.3. The Morgan fingerprint density at radius 3 is 1.79 bits per heavy atom. The van der Waals surface area contributed by atoms with Crippen LogP contribution in [0.5, 0.6) is 0 Å². The Balaban J connectivity index is 1.85. The maximum absolute atomic E-state index is 4.65. The molecule has 28 heavy (non-hydrogen) atoms. The molecule has 6 heteroatoms. The average molecular weight is 368 g/mol. The van der Waals surface area contributed by atoms with Crippen LogP contribution in [-0.2, 0) is 0 Å². The first-order valence-electron chi connectivity index (χ1n) is 9.12. The van der Waals surface area contributed by atoms with Gasteiger partial charge in [0.1, 0.15) is 17.1 Å². The molecule has 0 atom stereocenters. The fraction of sp³-hybridized carbons (Fsp3) is 0.182. The number of hydrogen-bond acceptors (Lipinski definition) is 6. The zero-order valence-electron chi connectivity index (χ0n) is 16.1. The van der Waals surface area contributed by atoms with E-state index in [4.69, 9.17) is 0 Å². The maximum atomic E-state index is 4.65. The van der Waals surface area contributed by atoms with Crippen molar-refractivity contribution in [3.8, 4) is 23.0 Å². The summed E-state index contributed by atoms with van der Waals surface area (Å²) in [5.41, 5.74) is 5.37. The van der Waals surface area contributed by atoms with Crippen molar-refractivity contribution in [1.29, 1.82) is 0 Å². The summed E-state index contributed by atoms with van der Waals surface area (Å²) in [7, 11) is 0. The lowest BCUT2D eigenvalue weighted by atomic mass is 10.2. The third kappa shape index (κ3) is 3.91. The van der Waals surface area contributed by atoms with Crippen molar-refractivity contribution in [2.45, 2.75) is 27.2 Å². The van der Waals surface area contributed by atoms with E-state index in [9.17, 15) is 0 Å². The van der Waals surface area contributed by atoms with Gasteiger partial charge in [0.25, 0.3) is 0 Å². The molecule has 0 amide bonds. The standard InChI is InChI=1S/C22H20N6/c1-14-5-4-6-17(23-11-14)20-26-21(18-9-7-15(2)12-24-18)28-22(27-20)19-10-8-16(3)13-25-19/h5-13H,4H2,1-3H3. The van der Waals surface area contributed by atoms with E-state index in [1.54, 1.807) is 12.4 Å². The van der Waals surface area contributed by atoms with Gasteiger partial charge in [-0.2, -0.15) is 0 Å². The summed E-state index contributed by atoms with van der Waals surface area (Å²) in [4.78, 5) is 27.4. The molecular weight excluding hydrogens is 348 g/mol. The Morgan fingerprint density at radius 2 is 1.25 bits per heavy atom. The van der Waals surface area contributed by atoms with E-state index in [1.165, 1.54) is 0 Å². The van der Waals surface area contributed by atoms with E-state index in [-0.39, 0.29) is 0 Å². The van der Waals surface area contributed by atoms with Crippen LogP contribution >= 0.6 is 0 Å². The molecule has 0 saturated heterocycles. The number of nitrogens with zero attached hydrogens (tertiary/aromatic N) is 6. The second-order valence-electron chi connectivity index (χ2n) is 6.78. The minimum atomic E-state index is 0.507. The van der Waals surface area contributed by atoms with Crippen LogP contribution < -0.4 is 0 Å². The highest BCUT2D eigenvalue weighted by Crippen LogP contribution is 2.23. The normalized spacial score (nSPS) is 13.7. The van der Waals surface area contributed by atoms with Crippen LogP contribution in [0.15, 0.2) is 59.4 Å². The van der Waals surface area contributed by atoms with Gasteiger partial charge in [0.05, 0.1) is 0 Å². The summed E-state index contributed by atoms with van der Waals surface area (Å²) in [6.45, 7) is 6.02. The van der Waals surface area contributed by atoms with Crippen LogP contribution in [0.3, 0.4) is 0 Å². The molecule has 1 aliphatic heterocycles. The van der Waals surface area contributed by atoms with Gasteiger partial charge >= 0.3 is 0 Å². The van der Waals surface area contributed by atoms with Crippen LogP contribution in [0.2, 0.25) is 0 Å². The van der Waals surface area contributed by atoms with E-state index in [0.717, 1.165) is 28.8 Å². The van der Waals surface area contributed by atoms with Gasteiger partial charge in [0.2, 0.25) is 0 Å². The average Bonchev–Trinajstić information content (AvgIpc) is 2.93. The number of pyridine rings is 2. The van der Waals surface area contributed by atoms with Gasteiger partial charge in [-0.15, -0.1) is 0 Å². The first-order chi connectivity index (χ1) is 13.6. The molecule has 0 spiro atoms. The van der Waals surface area contributed by atoms with Gasteiger partial charge < -0.3 is 0 Å². The van der Waals surface area contributed by atoms with Gasteiger partial charge in [0, 0.05) is 18.6 Å². The van der Waals surface area contributed by atoms with Crippen LogP contribution in [0, 0.1) is 13.8 Å². The van der Waals surface area contributed by atoms with E-state index >= 15 is 0 Å². The first-order valence-corrected chi connectivity index (χ1v) is 9.12. The Kier molecular flexibility index (Phi) is 4.85. The van der Waals surface area contributed by atoms with Gasteiger partial charge in [-0.1, -0.05) is 24.3 Å². The molecule has 0 N–H and O–H groups in total. The predicted octanol–water partition coefficient (Wildman–Crippen LogP) is 4.37. The Labute approximate surface area is 163 Å². The zero-order chi connectivity index (χ0) is 19.5. The fourth-order valence-corrected chi connectivity index (χ4v) is 2.70. The van der Waals surface area contributed by atoms with E-state index in [2.05, 4.69) is 36.0 Å². The van der Waals surface area contributed by atoms with Crippen molar-refractivity contribution in [1.82, 2.24) is 24.9 Å². The Hall–Kier alpha value is -3.54. The van der Waals surface area contributed by atoms with Gasteiger partial charge in [-0.3, -0.25) is 15.0 Å². The second kappa shape index (κ2) is 7.60. The van der Waals surface area contributed by atoms with Gasteiger partial charge in [-0.05, 0) is 56.0 Å². The highest BCUT2D eigenvalue weighted by atomic mass is 15.1. The van der Waals surface area contributed by atoms with Crippen molar-refractivity contribution in [2.24, 2.45) is 4.99 Å². The maximum Gasteiger partial charge on any atom is 0.182 e. The van der Waals surface area contributed by atoms with Crippen LogP contribution in [0.25, 0.3) is 28.7 Å². The Bertz CT molecular complexity index is 1030. The molecule has 138 valence electrons. The summed E-state index contributed by atoms with van der Waals surface area (Å²) >= 11 is 0. The number of allylic oxidation sites excluding steroid dienone is 3. The van der Waals surface area contributed by atoms with Gasteiger partial charge in [0.15, 0.2) is 17.5 Å². The quantitative estimate of drug-likeness (QED) is 0.686. The minimum absolute atomic E-state index is 0.507. The third-order valence-electron chi connectivity index (χ3n) is 4.30. The number of aryl methyl sites for hydroxylation is 2. The lowest BCUT2D eigenvalue weighted by Gasteiger charge is -2.07. The number of rotatable bonds is 3. The zero-order valence-corrected chi connectivity index (χ0v) is 16.1. The topological polar surface area (TPSA) is 76.8 Å². The van der Waals surface area contributed by atoms with Crippen LogP contribution in [-0.4, -0.2) is 31.1 Å². The summed E-state index contributed by atoms with van der Waals surface area (Å²) < 4.78 is 0. The molecule has 1 aliphatic rings. The van der Waals surface area contributed by atoms with Gasteiger partial charge in [-0.25, -0.2) is 15.0 Å². The van der Waals surface area contributed by atoms with E-state index < -0.39 is 0 Å². The molecule has 3 aromatic rings. The molecule has 6 nitrogen and oxygen atoms in total. The van der Waals surface area contributed by atoms with Crippen molar-refractivity contribution in [3.05, 3.63) is 71.3 Å². The molecule has 0 bridgehead atoms. The molecule has 0 aromatic carbocycles. The van der Waals surface area contributed by atoms with Crippen LogP contribution in [0.1, 0.15) is 30.3 Å². The van der Waals surface area contributed by atoms with Crippen molar-refractivity contribution >= 4 is 11.9 Å². The minimum Gasteiger partial charge on any atom is -0.253 e. The summed E-state index contributed by atoms with van der Waals surface area (Å²) in [5, 5.41) is 0. The molecule has 3 aromatic heterocycles. The number of hydrogen-bond donors (Lipinski definition) is 0. The lowest BCUT2D eigenvalue weighted by molar-refractivity contribution is 1.00. The molecular formula is C22H20N6. The predicted molar refractivity (Wildman–Crippen MR) is 111 cm³/mol. The highest BCUT2D eigenvalue weighted by molar-refractivity contribution is 5.84. The lowest BCUT2D eigenvalue weighted by Crippen LogP contribution is -2.04. The molecule has 0 saturated carbocycles. The van der Waals surface area contributed by atoms with E-state index in [0.29, 0.717) is 28.9 Å². The van der Waals surface area contributed by atoms with Crippen LogP contribution in [0.4, 0.5) is 0 Å². The number of aromatic nitrogens is 5. The molecule has 0 unspecified atom stereocenters. The molecule has 4 rings (SSSR count). The largest absolute Gasteiger partial charge is 0.253 e. The van der Waals surface area contributed by atoms with Crippen molar-refractivity contribution in [2.75, 3.05) is 0 Å². The monoisotopic (exact) mass is 368 g/mol. The molecule has 4 heterocycles. The summed E-state index contributed by atoms with van der Waals surface area (Å²) in [5.74, 6) is 1.53. The highest BCUT2D eigenvalue weighted by Gasteiger charge is 2.15. The molecule has 0 radical (unpaired) electrons. The Morgan fingerprint density at radius 1 is 0.679 bits per heavy atom. The third-order valence-corrected chi connectivity index (χ3v) is 4.30. The van der Waals surface area contributed by atoms with Crippen molar-refractivity contribution < 1.29 is 0 Å². The fourth-order valence-electron chi connectivity index (χ4n) is 2.70. The molecule has 0 aliphatic carbocycles. The van der Waals surface area contributed by atoms with Crippen molar-refractivity contribution in [3.63, 3.8) is 0 Å². The second-order valence-corrected chi connectivity index (χ2v) is 6.78.